The molecule has 0 bridgehead atoms. The molecule has 0 aliphatic heterocycles. The summed E-state index contributed by atoms with van der Waals surface area (Å²) in [6.07, 6.45) is 0.957. The Morgan fingerprint density at radius 1 is 1.05 bits per heavy atom. The molecule has 21 heavy (non-hydrogen) atoms. The SMILES string of the molecule is NCc1nnc(Nc2ccc3c(c2)Cc2ccccc2-3)o1. The third-order valence-corrected chi connectivity index (χ3v) is 3.69. The summed E-state index contributed by atoms with van der Waals surface area (Å²) in [5.41, 5.74) is 11.7. The molecule has 1 aliphatic carbocycles. The highest BCUT2D eigenvalue weighted by molar-refractivity contribution is 5.78. The van der Waals surface area contributed by atoms with Crippen molar-refractivity contribution in [3.05, 3.63) is 59.5 Å². The summed E-state index contributed by atoms with van der Waals surface area (Å²) in [4.78, 5) is 0. The Kier molecular flexibility index (Phi) is 2.72. The quantitative estimate of drug-likeness (QED) is 0.602. The summed E-state index contributed by atoms with van der Waals surface area (Å²) < 4.78 is 5.36. The number of rotatable bonds is 3. The molecule has 0 unspecified atom stereocenters. The van der Waals surface area contributed by atoms with Gasteiger partial charge < -0.3 is 15.5 Å². The van der Waals surface area contributed by atoms with Crippen molar-refractivity contribution in [2.24, 2.45) is 5.73 Å². The molecule has 1 aromatic heterocycles. The van der Waals surface area contributed by atoms with Gasteiger partial charge in [0.1, 0.15) is 0 Å². The predicted octanol–water partition coefficient (Wildman–Crippen LogP) is 2.84. The van der Waals surface area contributed by atoms with Crippen LogP contribution in [0.15, 0.2) is 46.9 Å². The molecule has 0 amide bonds. The number of nitrogens with two attached hydrogens (primary N) is 1. The van der Waals surface area contributed by atoms with Crippen LogP contribution in [0.4, 0.5) is 11.7 Å². The summed E-state index contributed by atoms with van der Waals surface area (Å²) in [5.74, 6) is 0.422. The van der Waals surface area contributed by atoms with Gasteiger partial charge in [-0.15, -0.1) is 5.10 Å². The molecule has 1 aliphatic rings. The fraction of sp³-hybridized carbons (Fsp3) is 0.125. The first kappa shape index (κ1) is 12.1. The highest BCUT2D eigenvalue weighted by Crippen LogP contribution is 2.37. The molecule has 5 nitrogen and oxygen atoms in total. The predicted molar refractivity (Wildman–Crippen MR) is 80.2 cm³/mol. The van der Waals surface area contributed by atoms with Gasteiger partial charge >= 0.3 is 6.01 Å². The van der Waals surface area contributed by atoms with Crippen molar-refractivity contribution in [2.45, 2.75) is 13.0 Å². The number of nitrogens with one attached hydrogen (secondary N) is 1. The Morgan fingerprint density at radius 3 is 2.76 bits per heavy atom. The van der Waals surface area contributed by atoms with Crippen LogP contribution < -0.4 is 11.1 Å². The van der Waals surface area contributed by atoms with E-state index < -0.39 is 0 Å². The highest BCUT2D eigenvalue weighted by Gasteiger charge is 2.18. The largest absolute Gasteiger partial charge is 0.406 e. The standard InChI is InChI=1S/C16H14N4O/c17-9-15-19-20-16(21-15)18-12-5-6-14-11(8-12)7-10-3-1-2-4-13(10)14/h1-6,8H,7,9,17H2,(H,18,20). The van der Waals surface area contributed by atoms with Crippen molar-refractivity contribution in [3.8, 4) is 11.1 Å². The molecular formula is C16H14N4O. The summed E-state index contributed by atoms with van der Waals surface area (Å²) >= 11 is 0. The highest BCUT2D eigenvalue weighted by atomic mass is 16.4. The number of anilines is 2. The lowest BCUT2D eigenvalue weighted by molar-refractivity contribution is 0.511. The molecule has 0 spiro atoms. The normalized spacial score (nSPS) is 12.0. The first-order valence-corrected chi connectivity index (χ1v) is 6.84. The molecule has 0 fully saturated rings. The number of fused-ring (bicyclic) bond motifs is 3. The van der Waals surface area contributed by atoms with Crippen LogP contribution in [0, 0.1) is 0 Å². The van der Waals surface area contributed by atoms with Crippen LogP contribution in [-0.2, 0) is 13.0 Å². The van der Waals surface area contributed by atoms with Gasteiger partial charge in [0, 0.05) is 5.69 Å². The summed E-state index contributed by atoms with van der Waals surface area (Å²) in [6.45, 7) is 0.244. The van der Waals surface area contributed by atoms with Crippen LogP contribution in [-0.4, -0.2) is 10.2 Å². The molecule has 4 rings (SSSR count). The fourth-order valence-electron chi connectivity index (χ4n) is 2.73. The maximum absolute atomic E-state index is 5.45. The zero-order valence-electron chi connectivity index (χ0n) is 11.3. The number of hydrogen-bond donors (Lipinski definition) is 2. The average molecular weight is 278 g/mol. The Balaban J connectivity index is 1.64. The molecule has 1 heterocycles. The Morgan fingerprint density at radius 2 is 1.90 bits per heavy atom. The lowest BCUT2D eigenvalue weighted by Crippen LogP contribution is -1.95. The average Bonchev–Trinajstić information content (AvgIpc) is 3.10. The smallest absolute Gasteiger partial charge is 0.320 e. The number of nitrogens with zero attached hydrogens (tertiary/aromatic N) is 2. The summed E-state index contributed by atoms with van der Waals surface area (Å²) in [5, 5.41) is 10.9. The topological polar surface area (TPSA) is 77.0 Å². The van der Waals surface area contributed by atoms with E-state index in [1.807, 2.05) is 6.07 Å². The molecule has 0 saturated carbocycles. The van der Waals surface area contributed by atoms with Gasteiger partial charge in [-0.1, -0.05) is 35.4 Å². The number of hydrogen-bond acceptors (Lipinski definition) is 5. The van der Waals surface area contributed by atoms with E-state index in [1.54, 1.807) is 0 Å². The molecule has 3 aromatic rings. The zero-order valence-corrected chi connectivity index (χ0v) is 11.3. The van der Waals surface area contributed by atoms with Crippen LogP contribution in [0.1, 0.15) is 17.0 Å². The first-order valence-electron chi connectivity index (χ1n) is 6.84. The molecule has 5 heteroatoms. The third-order valence-electron chi connectivity index (χ3n) is 3.69. The zero-order chi connectivity index (χ0) is 14.2. The third kappa shape index (κ3) is 2.08. The van der Waals surface area contributed by atoms with E-state index in [4.69, 9.17) is 10.2 Å². The maximum Gasteiger partial charge on any atom is 0.320 e. The molecular weight excluding hydrogens is 264 g/mol. The van der Waals surface area contributed by atoms with Crippen molar-refractivity contribution in [2.75, 3.05) is 5.32 Å². The fourth-order valence-corrected chi connectivity index (χ4v) is 2.73. The van der Waals surface area contributed by atoms with Gasteiger partial charge in [-0.25, -0.2) is 0 Å². The van der Waals surface area contributed by atoms with E-state index in [2.05, 4.69) is 51.9 Å². The minimum absolute atomic E-state index is 0.244. The van der Waals surface area contributed by atoms with E-state index in [9.17, 15) is 0 Å². The van der Waals surface area contributed by atoms with Gasteiger partial charge in [-0.05, 0) is 40.8 Å². The minimum atomic E-state index is 0.244. The number of aromatic nitrogens is 2. The van der Waals surface area contributed by atoms with Gasteiger partial charge in [0.05, 0.1) is 6.54 Å². The van der Waals surface area contributed by atoms with Gasteiger partial charge in [-0.2, -0.15) is 0 Å². The summed E-state index contributed by atoms with van der Waals surface area (Å²) in [7, 11) is 0. The van der Waals surface area contributed by atoms with Crippen molar-refractivity contribution >= 4 is 11.7 Å². The van der Waals surface area contributed by atoms with E-state index in [0.717, 1.165) is 12.1 Å². The summed E-state index contributed by atoms with van der Waals surface area (Å²) in [6, 6.07) is 15.1. The molecule has 3 N–H and O–H groups in total. The second-order valence-electron chi connectivity index (χ2n) is 5.04. The Hall–Kier alpha value is -2.66. The van der Waals surface area contributed by atoms with Crippen LogP contribution in [0.3, 0.4) is 0 Å². The van der Waals surface area contributed by atoms with Crippen LogP contribution in [0.5, 0.6) is 0 Å². The lowest BCUT2D eigenvalue weighted by atomic mass is 10.1. The van der Waals surface area contributed by atoms with Gasteiger partial charge in [0.15, 0.2) is 0 Å². The monoisotopic (exact) mass is 278 g/mol. The second-order valence-corrected chi connectivity index (χ2v) is 5.04. The van der Waals surface area contributed by atoms with Crippen molar-refractivity contribution in [3.63, 3.8) is 0 Å². The van der Waals surface area contributed by atoms with Crippen molar-refractivity contribution in [1.29, 1.82) is 0 Å². The molecule has 2 aromatic carbocycles. The Labute approximate surface area is 121 Å². The van der Waals surface area contributed by atoms with E-state index in [-0.39, 0.29) is 6.54 Å². The molecule has 104 valence electrons. The van der Waals surface area contributed by atoms with E-state index >= 15 is 0 Å². The molecule has 0 atom stereocenters. The maximum atomic E-state index is 5.45. The first-order chi connectivity index (χ1) is 10.3. The van der Waals surface area contributed by atoms with E-state index in [0.29, 0.717) is 11.9 Å². The molecule has 0 radical (unpaired) electrons. The minimum Gasteiger partial charge on any atom is -0.406 e. The van der Waals surface area contributed by atoms with Crippen molar-refractivity contribution < 1.29 is 4.42 Å². The van der Waals surface area contributed by atoms with Gasteiger partial charge in [0.2, 0.25) is 5.89 Å². The number of benzene rings is 2. The van der Waals surface area contributed by atoms with Crippen LogP contribution in [0.2, 0.25) is 0 Å². The van der Waals surface area contributed by atoms with Crippen LogP contribution >= 0.6 is 0 Å². The Bertz CT molecular complexity index is 810. The van der Waals surface area contributed by atoms with Crippen LogP contribution in [0.25, 0.3) is 11.1 Å². The van der Waals surface area contributed by atoms with Gasteiger partial charge in [-0.3, -0.25) is 0 Å². The second kappa shape index (κ2) is 4.71. The molecule has 0 saturated heterocycles. The van der Waals surface area contributed by atoms with Crippen molar-refractivity contribution in [1.82, 2.24) is 10.2 Å². The van der Waals surface area contributed by atoms with E-state index in [1.165, 1.54) is 22.3 Å². The van der Waals surface area contributed by atoms with Gasteiger partial charge in [0.25, 0.3) is 0 Å². The lowest BCUT2D eigenvalue weighted by Gasteiger charge is -2.05.